The number of rotatable bonds is 7. The van der Waals surface area contributed by atoms with Crippen molar-refractivity contribution in [1.29, 1.82) is 0 Å². The molecule has 0 aliphatic rings. The largest absolute Gasteiger partial charge is 0.378 e. The average molecular weight is 332 g/mol. The number of carbonyl (C=O) groups is 1. The molecule has 0 atom stereocenters. The first-order valence-electron chi connectivity index (χ1n) is 7.01. The molecule has 2 rings (SSSR count). The molecule has 122 valence electrons. The van der Waals surface area contributed by atoms with Gasteiger partial charge in [0.05, 0.1) is 5.75 Å². The molecule has 3 N–H and O–H groups in total. The molecule has 2 aromatic rings. The second-order valence-corrected chi connectivity index (χ2v) is 5.94. The third-order valence-electron chi connectivity index (χ3n) is 3.06. The number of nitrogen functional groups attached to an aromatic ring is 1. The van der Waals surface area contributed by atoms with Crippen molar-refractivity contribution in [3.63, 3.8) is 0 Å². The Bertz CT molecular complexity index is 697. The molecule has 0 bridgehead atoms. The summed E-state index contributed by atoms with van der Waals surface area (Å²) in [4.78, 5) is 13.6. The lowest BCUT2D eigenvalue weighted by atomic mass is 10.2. The molecule has 0 saturated heterocycles. The van der Waals surface area contributed by atoms with E-state index in [0.717, 1.165) is 11.3 Å². The van der Waals surface area contributed by atoms with Crippen molar-refractivity contribution >= 4 is 23.4 Å². The van der Waals surface area contributed by atoms with Gasteiger partial charge < -0.3 is 16.1 Å². The number of thioether (sulfide) groups is 1. The number of nitrogens with zero attached hydrogens (tertiary/aromatic N) is 4. The molecule has 7 nitrogen and oxygen atoms in total. The number of anilines is 1. The predicted molar refractivity (Wildman–Crippen MR) is 93.9 cm³/mol. The lowest BCUT2D eigenvalue weighted by Crippen LogP contribution is -2.25. The van der Waals surface area contributed by atoms with Crippen LogP contribution >= 0.6 is 11.8 Å². The number of benzene rings is 1. The summed E-state index contributed by atoms with van der Waals surface area (Å²) in [5.74, 6) is 6.74. The standard InChI is InChI=1S/C15H20N6OS/c1-4-8-17-13(22)10-23-15-19-18-14(21(15)16)11-6-5-7-12(9-11)20(2)3/h4-7,9H,1,8,10,16H2,2-3H3,(H,17,22). The third-order valence-corrected chi connectivity index (χ3v) is 4.00. The van der Waals surface area contributed by atoms with Gasteiger partial charge in [0, 0.05) is 31.9 Å². The van der Waals surface area contributed by atoms with E-state index in [1.165, 1.54) is 16.4 Å². The van der Waals surface area contributed by atoms with Gasteiger partial charge in [0.15, 0.2) is 5.82 Å². The van der Waals surface area contributed by atoms with Gasteiger partial charge in [0.1, 0.15) is 0 Å². The quantitative estimate of drug-likeness (QED) is 0.449. The molecular formula is C15H20N6OS. The highest BCUT2D eigenvalue weighted by Crippen LogP contribution is 2.24. The van der Waals surface area contributed by atoms with E-state index in [2.05, 4.69) is 22.1 Å². The molecule has 0 spiro atoms. The van der Waals surface area contributed by atoms with Crippen LogP contribution in [0, 0.1) is 0 Å². The van der Waals surface area contributed by atoms with Crippen molar-refractivity contribution in [3.05, 3.63) is 36.9 Å². The molecule has 1 aromatic carbocycles. The Labute approximate surface area is 139 Å². The van der Waals surface area contributed by atoms with E-state index < -0.39 is 0 Å². The smallest absolute Gasteiger partial charge is 0.230 e. The number of nitrogens with two attached hydrogens (primary N) is 1. The van der Waals surface area contributed by atoms with Crippen LogP contribution in [0.25, 0.3) is 11.4 Å². The van der Waals surface area contributed by atoms with E-state index >= 15 is 0 Å². The Hall–Kier alpha value is -2.48. The maximum atomic E-state index is 11.6. The first-order valence-corrected chi connectivity index (χ1v) is 8.00. The van der Waals surface area contributed by atoms with Gasteiger partial charge >= 0.3 is 0 Å². The minimum atomic E-state index is -0.103. The Morgan fingerprint density at radius 3 is 2.96 bits per heavy atom. The zero-order valence-corrected chi connectivity index (χ0v) is 14.0. The highest BCUT2D eigenvalue weighted by atomic mass is 32.2. The monoisotopic (exact) mass is 332 g/mol. The highest BCUT2D eigenvalue weighted by molar-refractivity contribution is 7.99. The van der Waals surface area contributed by atoms with Crippen LogP contribution in [0.5, 0.6) is 0 Å². The Morgan fingerprint density at radius 1 is 1.48 bits per heavy atom. The van der Waals surface area contributed by atoms with Crippen LogP contribution in [-0.2, 0) is 4.79 Å². The van der Waals surface area contributed by atoms with Gasteiger partial charge in [-0.15, -0.1) is 16.8 Å². The number of hydrogen-bond acceptors (Lipinski definition) is 6. The van der Waals surface area contributed by atoms with E-state index in [4.69, 9.17) is 5.84 Å². The summed E-state index contributed by atoms with van der Waals surface area (Å²) in [6.45, 7) is 3.99. The Kier molecular flexibility index (Phi) is 5.64. The highest BCUT2D eigenvalue weighted by Gasteiger charge is 2.14. The number of aromatic nitrogens is 3. The fraction of sp³-hybridized carbons (Fsp3) is 0.267. The van der Waals surface area contributed by atoms with E-state index in [1.807, 2.05) is 43.3 Å². The number of nitrogens with one attached hydrogen (secondary N) is 1. The fourth-order valence-electron chi connectivity index (χ4n) is 1.86. The maximum Gasteiger partial charge on any atom is 0.230 e. The van der Waals surface area contributed by atoms with Crippen molar-refractivity contribution in [2.75, 3.05) is 37.1 Å². The topological polar surface area (TPSA) is 89.1 Å². The van der Waals surface area contributed by atoms with Gasteiger partial charge in [-0.25, -0.2) is 4.68 Å². The molecule has 0 radical (unpaired) electrons. The first kappa shape index (κ1) is 16.9. The molecule has 0 unspecified atom stereocenters. The zero-order chi connectivity index (χ0) is 16.8. The molecule has 0 aliphatic heterocycles. The minimum absolute atomic E-state index is 0.103. The summed E-state index contributed by atoms with van der Waals surface area (Å²) in [5, 5.41) is 11.4. The van der Waals surface area contributed by atoms with E-state index in [-0.39, 0.29) is 11.7 Å². The maximum absolute atomic E-state index is 11.6. The van der Waals surface area contributed by atoms with Gasteiger partial charge in [-0.1, -0.05) is 30.0 Å². The molecule has 0 fully saturated rings. The van der Waals surface area contributed by atoms with Crippen LogP contribution in [-0.4, -0.2) is 47.2 Å². The molecule has 8 heteroatoms. The van der Waals surface area contributed by atoms with Gasteiger partial charge in [-0.05, 0) is 12.1 Å². The number of carbonyl (C=O) groups excluding carboxylic acids is 1. The van der Waals surface area contributed by atoms with Crippen LogP contribution in [0.1, 0.15) is 0 Å². The van der Waals surface area contributed by atoms with Crippen LogP contribution < -0.4 is 16.1 Å². The SMILES string of the molecule is C=CCNC(=O)CSc1nnc(-c2cccc(N(C)C)c2)n1N. The van der Waals surface area contributed by atoms with Crippen molar-refractivity contribution in [3.8, 4) is 11.4 Å². The molecule has 0 saturated carbocycles. The third kappa shape index (κ3) is 4.26. The van der Waals surface area contributed by atoms with Crippen molar-refractivity contribution < 1.29 is 4.79 Å². The van der Waals surface area contributed by atoms with Crippen molar-refractivity contribution in [2.45, 2.75) is 5.16 Å². The second kappa shape index (κ2) is 7.68. The van der Waals surface area contributed by atoms with Crippen molar-refractivity contribution in [1.82, 2.24) is 20.2 Å². The summed E-state index contributed by atoms with van der Waals surface area (Å²) >= 11 is 1.24. The van der Waals surface area contributed by atoms with E-state index in [9.17, 15) is 4.79 Å². The van der Waals surface area contributed by atoms with E-state index in [1.54, 1.807) is 6.08 Å². The van der Waals surface area contributed by atoms with E-state index in [0.29, 0.717) is 17.5 Å². The van der Waals surface area contributed by atoms with Crippen LogP contribution in [0.4, 0.5) is 5.69 Å². The average Bonchev–Trinajstić information content (AvgIpc) is 2.92. The summed E-state index contributed by atoms with van der Waals surface area (Å²) in [6, 6.07) is 7.85. The normalized spacial score (nSPS) is 10.3. The summed E-state index contributed by atoms with van der Waals surface area (Å²) < 4.78 is 1.40. The van der Waals surface area contributed by atoms with Gasteiger partial charge in [0.2, 0.25) is 11.1 Å². The van der Waals surface area contributed by atoms with Crippen LogP contribution in [0.3, 0.4) is 0 Å². The summed E-state index contributed by atoms with van der Waals surface area (Å²) in [5.41, 5.74) is 1.91. The minimum Gasteiger partial charge on any atom is -0.378 e. The lowest BCUT2D eigenvalue weighted by molar-refractivity contribution is -0.118. The molecule has 23 heavy (non-hydrogen) atoms. The predicted octanol–water partition coefficient (Wildman–Crippen LogP) is 1.12. The fourth-order valence-corrected chi connectivity index (χ4v) is 2.55. The van der Waals surface area contributed by atoms with Crippen LogP contribution in [0.15, 0.2) is 42.1 Å². The Morgan fingerprint density at radius 2 is 2.26 bits per heavy atom. The first-order chi connectivity index (χ1) is 11.0. The summed E-state index contributed by atoms with van der Waals surface area (Å²) in [6.07, 6.45) is 1.63. The van der Waals surface area contributed by atoms with Crippen LogP contribution in [0.2, 0.25) is 0 Å². The number of hydrogen-bond donors (Lipinski definition) is 2. The molecular weight excluding hydrogens is 312 g/mol. The van der Waals surface area contributed by atoms with Gasteiger partial charge in [0.25, 0.3) is 0 Å². The van der Waals surface area contributed by atoms with Crippen molar-refractivity contribution in [2.24, 2.45) is 0 Å². The molecule has 1 amide bonds. The lowest BCUT2D eigenvalue weighted by Gasteiger charge is -2.13. The molecule has 1 heterocycles. The Balaban J connectivity index is 2.11. The van der Waals surface area contributed by atoms with Gasteiger partial charge in [-0.3, -0.25) is 4.79 Å². The zero-order valence-electron chi connectivity index (χ0n) is 13.2. The second-order valence-electron chi connectivity index (χ2n) is 5.00. The van der Waals surface area contributed by atoms with Gasteiger partial charge in [-0.2, -0.15) is 0 Å². The molecule has 0 aliphatic carbocycles. The number of amides is 1. The molecule has 1 aromatic heterocycles. The summed E-state index contributed by atoms with van der Waals surface area (Å²) in [7, 11) is 3.94.